The molecule has 0 fully saturated rings. The highest BCUT2D eigenvalue weighted by Crippen LogP contribution is 2.53. The Bertz CT molecular complexity index is 2620. The van der Waals surface area contributed by atoms with Gasteiger partial charge >= 0.3 is 0 Å². The zero-order chi connectivity index (χ0) is 33.0. The fraction of sp³-hybridized carbons (Fsp3) is 0.0417. The molecule has 10 rings (SSSR count). The Morgan fingerprint density at radius 1 is 0.520 bits per heavy atom. The van der Waals surface area contributed by atoms with Crippen LogP contribution in [0.2, 0.25) is 0 Å². The molecule has 0 radical (unpaired) electrons. The van der Waals surface area contributed by atoms with Gasteiger partial charge in [0.2, 0.25) is 0 Å². The average molecular weight is 639 g/mol. The molecule has 0 saturated heterocycles. The number of anilines is 5. The van der Waals surface area contributed by atoms with E-state index in [0.717, 1.165) is 17.8 Å². The number of hydrogen-bond acceptors (Lipinski definition) is 2. The number of rotatable bonds is 5. The van der Waals surface area contributed by atoms with Crippen LogP contribution in [0.15, 0.2) is 188 Å². The van der Waals surface area contributed by atoms with E-state index in [1.54, 1.807) is 0 Å². The second kappa shape index (κ2) is 11.6. The first-order chi connectivity index (χ1) is 24.8. The second-order valence-corrected chi connectivity index (χ2v) is 13.2. The van der Waals surface area contributed by atoms with Crippen molar-refractivity contribution in [3.8, 4) is 11.1 Å². The number of benzene rings is 8. The molecule has 8 aromatic carbocycles. The van der Waals surface area contributed by atoms with Crippen molar-refractivity contribution in [3.63, 3.8) is 0 Å². The average Bonchev–Trinajstić information content (AvgIpc) is 3.54. The summed E-state index contributed by atoms with van der Waals surface area (Å²) in [5.74, 6) is 0. The van der Waals surface area contributed by atoms with Gasteiger partial charge in [-0.1, -0.05) is 133 Å². The van der Waals surface area contributed by atoms with Gasteiger partial charge in [-0.3, -0.25) is 0 Å². The number of nitrogens with zero attached hydrogens (tertiary/aromatic N) is 2. The lowest BCUT2D eigenvalue weighted by Crippen LogP contribution is -2.26. The van der Waals surface area contributed by atoms with Gasteiger partial charge < -0.3 is 9.80 Å². The third-order valence-corrected chi connectivity index (χ3v) is 10.5. The largest absolute Gasteiger partial charge is 0.333 e. The maximum absolute atomic E-state index is 2.52. The highest BCUT2D eigenvalue weighted by Gasteiger charge is 2.37. The highest BCUT2D eigenvalue weighted by molar-refractivity contribution is 6.21. The maximum atomic E-state index is 2.52. The lowest BCUT2D eigenvalue weighted by molar-refractivity contribution is 0.829. The van der Waals surface area contributed by atoms with Crippen LogP contribution in [0.1, 0.15) is 12.0 Å². The summed E-state index contributed by atoms with van der Waals surface area (Å²) in [5.41, 5.74) is 11.1. The first-order valence-electron chi connectivity index (χ1n) is 17.5. The molecule has 8 aromatic rings. The Labute approximate surface area is 292 Å². The summed E-state index contributed by atoms with van der Waals surface area (Å²) in [4.78, 5) is 4.95. The lowest BCUT2D eigenvalue weighted by Gasteiger charge is -2.28. The smallest absolute Gasteiger partial charge is 0.0633 e. The first kappa shape index (κ1) is 28.6. The van der Waals surface area contributed by atoms with E-state index >= 15 is 0 Å². The molecule has 0 saturated carbocycles. The third-order valence-electron chi connectivity index (χ3n) is 10.5. The van der Waals surface area contributed by atoms with E-state index in [-0.39, 0.29) is 6.04 Å². The Kier molecular flexibility index (Phi) is 6.67. The molecule has 0 N–H and O–H groups in total. The van der Waals surface area contributed by atoms with Crippen LogP contribution in [0.5, 0.6) is 0 Å². The quantitative estimate of drug-likeness (QED) is 0.173. The summed E-state index contributed by atoms with van der Waals surface area (Å²) in [6, 6.07) is 62.3. The Balaban J connectivity index is 1.15. The fourth-order valence-corrected chi connectivity index (χ4v) is 8.29. The molecule has 0 spiro atoms. The molecule has 2 heteroatoms. The van der Waals surface area contributed by atoms with Crippen LogP contribution in [-0.4, -0.2) is 6.04 Å². The SMILES string of the molecule is C1=CCC2C(=C1)c1c(N(c3ccccc3)c3ccc(-c4cc5c6ccccc6ccc5c5ccccc45)cc3)cccc1N2c1ccccc1. The fourth-order valence-electron chi connectivity index (χ4n) is 8.29. The normalized spacial score (nSPS) is 14.9. The summed E-state index contributed by atoms with van der Waals surface area (Å²) in [6.45, 7) is 0. The van der Waals surface area contributed by atoms with Crippen molar-refractivity contribution >= 4 is 66.3 Å². The van der Waals surface area contributed by atoms with Crippen LogP contribution in [-0.2, 0) is 0 Å². The van der Waals surface area contributed by atoms with E-state index in [2.05, 4.69) is 198 Å². The molecule has 236 valence electrons. The maximum Gasteiger partial charge on any atom is 0.0633 e. The van der Waals surface area contributed by atoms with E-state index in [4.69, 9.17) is 0 Å². The van der Waals surface area contributed by atoms with Crippen molar-refractivity contribution in [2.75, 3.05) is 9.80 Å². The van der Waals surface area contributed by atoms with Gasteiger partial charge in [0.05, 0.1) is 17.4 Å². The van der Waals surface area contributed by atoms with E-state index in [9.17, 15) is 0 Å². The van der Waals surface area contributed by atoms with E-state index in [1.807, 2.05) is 0 Å². The molecule has 1 aliphatic heterocycles. The monoisotopic (exact) mass is 638 g/mol. The van der Waals surface area contributed by atoms with E-state index in [1.165, 1.54) is 71.6 Å². The Hall–Kier alpha value is -6.38. The highest BCUT2D eigenvalue weighted by atomic mass is 15.2. The van der Waals surface area contributed by atoms with Crippen LogP contribution in [0, 0.1) is 0 Å². The first-order valence-corrected chi connectivity index (χ1v) is 17.5. The van der Waals surface area contributed by atoms with Crippen LogP contribution >= 0.6 is 0 Å². The third kappa shape index (κ3) is 4.49. The van der Waals surface area contributed by atoms with Gasteiger partial charge in [0.1, 0.15) is 0 Å². The van der Waals surface area contributed by atoms with Gasteiger partial charge in [0, 0.05) is 22.6 Å². The van der Waals surface area contributed by atoms with Gasteiger partial charge in [0.15, 0.2) is 0 Å². The molecule has 1 unspecified atom stereocenters. The molecule has 2 nitrogen and oxygen atoms in total. The topological polar surface area (TPSA) is 6.48 Å². The minimum absolute atomic E-state index is 0.260. The van der Waals surface area contributed by atoms with Crippen molar-refractivity contribution in [1.29, 1.82) is 0 Å². The van der Waals surface area contributed by atoms with E-state index < -0.39 is 0 Å². The van der Waals surface area contributed by atoms with E-state index in [0.29, 0.717) is 0 Å². The standard InChI is InChI=1S/C48H34N2/c1-3-15-35(16-4-1)49(46-24-13-25-47-48(46)42-22-11-12-23-45(42)50(47)36-17-5-2-6-18-36)37-29-26-34(27-30-37)43-32-44-38-19-8-7-14-33(38)28-31-41(44)39-20-9-10-21-40(39)43/h1-22,24-32,45H,23H2. The molecule has 50 heavy (non-hydrogen) atoms. The molecule has 1 aliphatic carbocycles. The summed E-state index contributed by atoms with van der Waals surface area (Å²) in [5, 5.41) is 7.70. The molecule has 0 amide bonds. The van der Waals surface area contributed by atoms with Gasteiger partial charge in [-0.05, 0) is 110 Å². The number of para-hydroxylation sites is 2. The van der Waals surface area contributed by atoms with Crippen molar-refractivity contribution in [2.24, 2.45) is 0 Å². The second-order valence-electron chi connectivity index (χ2n) is 13.2. The summed E-state index contributed by atoms with van der Waals surface area (Å²) >= 11 is 0. The van der Waals surface area contributed by atoms with Crippen LogP contribution in [0.4, 0.5) is 28.4 Å². The summed E-state index contributed by atoms with van der Waals surface area (Å²) in [6.07, 6.45) is 7.81. The predicted octanol–water partition coefficient (Wildman–Crippen LogP) is 13.1. The number of allylic oxidation sites excluding steroid dienone is 2. The van der Waals surface area contributed by atoms with Crippen molar-refractivity contribution < 1.29 is 0 Å². The Morgan fingerprint density at radius 3 is 2.02 bits per heavy atom. The van der Waals surface area contributed by atoms with Gasteiger partial charge in [-0.15, -0.1) is 0 Å². The summed E-state index contributed by atoms with van der Waals surface area (Å²) < 4.78 is 0. The van der Waals surface area contributed by atoms with Crippen LogP contribution < -0.4 is 9.80 Å². The Morgan fingerprint density at radius 2 is 1.20 bits per heavy atom. The van der Waals surface area contributed by atoms with Crippen LogP contribution in [0.3, 0.4) is 0 Å². The molecular formula is C48H34N2. The zero-order valence-corrected chi connectivity index (χ0v) is 27.6. The minimum atomic E-state index is 0.260. The van der Waals surface area contributed by atoms with Crippen molar-refractivity contribution in [2.45, 2.75) is 12.5 Å². The molecule has 1 heterocycles. The van der Waals surface area contributed by atoms with Gasteiger partial charge in [-0.25, -0.2) is 0 Å². The van der Waals surface area contributed by atoms with Crippen molar-refractivity contribution in [1.82, 2.24) is 0 Å². The number of hydrogen-bond donors (Lipinski definition) is 0. The van der Waals surface area contributed by atoms with Gasteiger partial charge in [-0.2, -0.15) is 0 Å². The molecule has 2 aliphatic rings. The van der Waals surface area contributed by atoms with Crippen molar-refractivity contribution in [3.05, 3.63) is 194 Å². The predicted molar refractivity (Wildman–Crippen MR) is 213 cm³/mol. The van der Waals surface area contributed by atoms with Crippen LogP contribution in [0.25, 0.3) is 49.0 Å². The lowest BCUT2D eigenvalue weighted by atomic mass is 9.91. The van der Waals surface area contributed by atoms with Gasteiger partial charge in [0.25, 0.3) is 0 Å². The minimum Gasteiger partial charge on any atom is -0.333 e. The molecule has 1 atom stereocenters. The zero-order valence-electron chi connectivity index (χ0n) is 27.6. The molecular weight excluding hydrogens is 605 g/mol. The molecule has 0 aromatic heterocycles. The summed E-state index contributed by atoms with van der Waals surface area (Å²) in [7, 11) is 0. The molecule has 0 bridgehead atoms. The number of fused-ring (bicyclic) bond motifs is 8.